The van der Waals surface area contributed by atoms with E-state index in [-0.39, 0.29) is 6.10 Å². The third-order valence-electron chi connectivity index (χ3n) is 0.577. The Hall–Kier alpha value is 0.492. The van der Waals surface area contributed by atoms with Crippen LogP contribution in [-0.2, 0) is 0 Å². The van der Waals surface area contributed by atoms with E-state index in [0.717, 1.165) is 5.28 Å². The van der Waals surface area contributed by atoms with E-state index in [2.05, 4.69) is 5.79 Å². The molecule has 0 saturated heterocycles. The van der Waals surface area contributed by atoms with Gasteiger partial charge in [0.15, 0.2) is 15.2 Å². The van der Waals surface area contributed by atoms with Gasteiger partial charge in [-0.1, -0.05) is 5.28 Å². The van der Waals surface area contributed by atoms with Crippen molar-refractivity contribution in [1.29, 1.82) is 0 Å². The van der Waals surface area contributed by atoms with Crippen molar-refractivity contribution in [1.82, 2.24) is 0 Å². The van der Waals surface area contributed by atoms with Crippen molar-refractivity contribution in [2.45, 2.75) is 24.1 Å². The van der Waals surface area contributed by atoms with Gasteiger partial charge in [0.25, 0.3) is 0 Å². The van der Waals surface area contributed by atoms with E-state index in [9.17, 15) is 0 Å². The monoisotopic (exact) mass is 101 g/mol. The number of hydrogen-bond acceptors (Lipinski definition) is 1. The zero-order valence-electron chi connectivity index (χ0n) is 4.31. The van der Waals surface area contributed by atoms with E-state index >= 15 is 0 Å². The summed E-state index contributed by atoms with van der Waals surface area (Å²) in [5, 5.41) is 9.59. The second-order valence-electron chi connectivity index (χ2n) is 1.49. The van der Waals surface area contributed by atoms with Gasteiger partial charge < -0.3 is 5.11 Å². The molecule has 2 heteroatoms. The van der Waals surface area contributed by atoms with E-state index < -0.39 is 0 Å². The summed E-state index contributed by atoms with van der Waals surface area (Å²) in [5.41, 5.74) is 0. The first-order chi connectivity index (χ1) is 2.77. The summed E-state index contributed by atoms with van der Waals surface area (Å²) < 4.78 is 0. The Morgan fingerprint density at radius 3 is 2.33 bits per heavy atom. The van der Waals surface area contributed by atoms with Crippen LogP contribution in [0.2, 0.25) is 11.1 Å². The van der Waals surface area contributed by atoms with Crippen molar-refractivity contribution in [3.63, 3.8) is 0 Å². The Balaban J connectivity index is 2.63. The molecular weight excluding hydrogens is 91.0 g/mol. The maximum atomic E-state index is 8.57. The molecule has 1 nitrogen and oxygen atoms in total. The predicted molar refractivity (Wildman–Crippen MR) is 28.1 cm³/mol. The second-order valence-corrected chi connectivity index (χ2v) is 2.78. The molecule has 0 aromatic heterocycles. The lowest BCUT2D eigenvalue weighted by Crippen LogP contribution is -2.00. The van der Waals surface area contributed by atoms with Crippen LogP contribution in [-0.4, -0.2) is 26.4 Å². The first kappa shape index (κ1) is 6.49. The van der Waals surface area contributed by atoms with Crippen LogP contribution in [0, 0.1) is 0 Å². The van der Waals surface area contributed by atoms with Crippen molar-refractivity contribution >= 4 is 15.2 Å². The first-order valence-electron chi connectivity index (χ1n) is 2.23. The van der Waals surface area contributed by atoms with Gasteiger partial charge in [0.2, 0.25) is 0 Å². The second kappa shape index (κ2) is 3.67. The number of aliphatic hydroxyl groups is 1. The van der Waals surface area contributed by atoms with Gasteiger partial charge in [0, 0.05) is 6.10 Å². The fourth-order valence-electron chi connectivity index (χ4n) is 0.341. The summed E-state index contributed by atoms with van der Waals surface area (Å²) in [6, 6.07) is 0. The normalized spacial score (nSPS) is 13.8. The number of aliphatic hydroxyl groups excluding tert-OH is 1. The quantitative estimate of drug-likeness (QED) is 0.503. The van der Waals surface area contributed by atoms with Gasteiger partial charge in [-0.25, -0.2) is 0 Å². The molecule has 0 heterocycles. The molecule has 0 aliphatic carbocycles. The van der Waals surface area contributed by atoms with Crippen LogP contribution in [0.25, 0.3) is 0 Å². The molecule has 1 radical (unpaired) electrons. The average Bonchev–Trinajstić information content (AvgIpc) is 1.35. The van der Waals surface area contributed by atoms with E-state index in [1.807, 2.05) is 6.92 Å². The van der Waals surface area contributed by atoms with Crippen LogP contribution in [0.3, 0.4) is 0 Å². The summed E-state index contributed by atoms with van der Waals surface area (Å²) >= 11 is 0.502. The molecule has 0 saturated carbocycles. The highest BCUT2D eigenvalue weighted by molar-refractivity contribution is 6.33. The molecule has 0 fully saturated rings. The van der Waals surface area contributed by atoms with Gasteiger partial charge in [-0.3, -0.25) is 0 Å². The molecule has 0 aromatic carbocycles. The highest BCUT2D eigenvalue weighted by atomic mass is 27.1. The summed E-state index contributed by atoms with van der Waals surface area (Å²) in [6.45, 7) is 1.83. The Morgan fingerprint density at radius 2 is 2.33 bits per heavy atom. The lowest BCUT2D eigenvalue weighted by molar-refractivity contribution is 0.215. The molecule has 1 N–H and O–H groups in total. The largest absolute Gasteiger partial charge is 0.395 e. The summed E-state index contributed by atoms with van der Waals surface area (Å²) in [4.78, 5) is 0. The Bertz CT molecular complexity index is 28.7. The molecule has 0 bridgehead atoms. The zero-order valence-corrected chi connectivity index (χ0v) is 5.46. The summed E-state index contributed by atoms with van der Waals surface area (Å²) in [6.07, 6.45) is -0.0648. The average molecular weight is 101 g/mol. The van der Waals surface area contributed by atoms with Gasteiger partial charge in [-0.15, -0.1) is 5.79 Å². The Kier molecular flexibility index (Phi) is 3.98. The first-order valence-corrected chi connectivity index (χ1v) is 4.20. The maximum Gasteiger partial charge on any atom is 0.199 e. The van der Waals surface area contributed by atoms with Crippen molar-refractivity contribution in [3.05, 3.63) is 0 Å². The van der Waals surface area contributed by atoms with Gasteiger partial charge >= 0.3 is 0 Å². The molecule has 1 unspecified atom stereocenters. The third-order valence-corrected chi connectivity index (χ3v) is 1.73. The lowest BCUT2D eigenvalue weighted by atomic mass is 10.5. The van der Waals surface area contributed by atoms with Gasteiger partial charge in [-0.05, 0) is 6.92 Å². The summed E-state index contributed by atoms with van der Waals surface area (Å²) in [7, 11) is 0. The van der Waals surface area contributed by atoms with E-state index in [1.54, 1.807) is 0 Å². The molecule has 0 aromatic rings. The molecule has 0 amide bonds. The van der Waals surface area contributed by atoms with Crippen LogP contribution in [0.4, 0.5) is 0 Å². The van der Waals surface area contributed by atoms with E-state index in [1.165, 1.54) is 0 Å². The topological polar surface area (TPSA) is 20.2 Å². The highest BCUT2D eigenvalue weighted by Gasteiger charge is 1.89. The minimum Gasteiger partial charge on any atom is -0.395 e. The molecule has 6 heavy (non-hydrogen) atoms. The molecule has 0 spiro atoms. The number of hydrogen-bond donors (Lipinski definition) is 1. The van der Waals surface area contributed by atoms with Crippen LogP contribution >= 0.6 is 0 Å². The fraction of sp³-hybridized carbons (Fsp3) is 1.00. The van der Waals surface area contributed by atoms with Crippen molar-refractivity contribution in [2.24, 2.45) is 0 Å². The van der Waals surface area contributed by atoms with Crippen LogP contribution < -0.4 is 0 Å². The van der Waals surface area contributed by atoms with Crippen molar-refractivity contribution in [2.75, 3.05) is 0 Å². The van der Waals surface area contributed by atoms with Gasteiger partial charge in [0.1, 0.15) is 0 Å². The minimum absolute atomic E-state index is 0.0648. The fourth-order valence-corrected chi connectivity index (χ4v) is 1.02. The lowest BCUT2D eigenvalue weighted by Gasteiger charge is -1.94. The predicted octanol–water partition coefficient (Wildman–Crippen LogP) is 0.538. The SMILES string of the molecule is [CH3][Al][CH2]C(C)O. The highest BCUT2D eigenvalue weighted by Crippen LogP contribution is 1.85. The zero-order chi connectivity index (χ0) is 4.99. The van der Waals surface area contributed by atoms with Gasteiger partial charge in [-0.2, -0.15) is 0 Å². The van der Waals surface area contributed by atoms with Crippen LogP contribution in [0.1, 0.15) is 6.92 Å². The molecule has 35 valence electrons. The number of rotatable bonds is 2. The molecule has 0 aliphatic heterocycles. The van der Waals surface area contributed by atoms with Crippen molar-refractivity contribution in [3.8, 4) is 0 Å². The molecule has 0 aliphatic rings. The summed E-state index contributed by atoms with van der Waals surface area (Å²) in [5.74, 6) is 2.15. The molecular formula is C4H10AlO. The van der Waals surface area contributed by atoms with Gasteiger partial charge in [0.05, 0.1) is 0 Å². The standard InChI is InChI=1S/C3H7O.CH3.Al/c1-3(2)4;;/h3-4H,1H2,2H3;1H3;. The van der Waals surface area contributed by atoms with E-state index in [0.29, 0.717) is 15.2 Å². The third kappa shape index (κ3) is 4.49. The van der Waals surface area contributed by atoms with Crippen LogP contribution in [0.5, 0.6) is 0 Å². The smallest absolute Gasteiger partial charge is 0.199 e. The van der Waals surface area contributed by atoms with Crippen molar-refractivity contribution < 1.29 is 5.11 Å². The maximum absolute atomic E-state index is 8.57. The molecule has 1 atom stereocenters. The Morgan fingerprint density at radius 1 is 1.83 bits per heavy atom. The minimum atomic E-state index is -0.0648. The Labute approximate surface area is 45.1 Å². The van der Waals surface area contributed by atoms with E-state index in [4.69, 9.17) is 5.11 Å². The molecule has 0 rings (SSSR count). The van der Waals surface area contributed by atoms with Crippen LogP contribution in [0.15, 0.2) is 0 Å².